The van der Waals surface area contributed by atoms with Crippen LogP contribution in [0.3, 0.4) is 0 Å². The number of aliphatic carboxylic acids is 1. The number of nitrogens with one attached hydrogen (secondary N) is 1. The van der Waals surface area contributed by atoms with Gasteiger partial charge in [0, 0.05) is 17.3 Å². The lowest BCUT2D eigenvalue weighted by molar-refractivity contribution is -0.137. The Morgan fingerprint density at radius 3 is 2.87 bits per heavy atom. The quantitative estimate of drug-likeness (QED) is 0.810. The number of carbonyl (C=O) groups is 2. The van der Waals surface area contributed by atoms with Crippen LogP contribution >= 0.6 is 11.6 Å². The summed E-state index contributed by atoms with van der Waals surface area (Å²) in [4.78, 5) is 23.0. The topological polar surface area (TPSA) is 93.5 Å². The van der Waals surface area contributed by atoms with Gasteiger partial charge in [0.05, 0.1) is 12.2 Å². The first kappa shape index (κ1) is 16.8. The van der Waals surface area contributed by atoms with Gasteiger partial charge in [0.25, 0.3) is 5.91 Å². The van der Waals surface area contributed by atoms with Crippen LogP contribution in [0.5, 0.6) is 5.75 Å². The number of amides is 1. The second-order valence-electron chi connectivity index (χ2n) is 4.74. The number of nitrogens with zero attached hydrogens (tertiary/aromatic N) is 2. The number of halogens is 1. The first-order valence-corrected chi connectivity index (χ1v) is 7.36. The molecule has 2 rings (SSSR count). The van der Waals surface area contributed by atoms with E-state index in [0.717, 1.165) is 6.42 Å². The number of rotatable bonds is 7. The SMILES string of the molecule is CCCOc1ccc(Cl)cc1C(=O)Nc1ccn(CC(=O)O)n1. The average Bonchev–Trinajstić information content (AvgIpc) is 2.92. The molecule has 7 nitrogen and oxygen atoms in total. The van der Waals surface area contributed by atoms with E-state index in [1.165, 1.54) is 23.0 Å². The van der Waals surface area contributed by atoms with Crippen LogP contribution in [0.4, 0.5) is 5.82 Å². The highest BCUT2D eigenvalue weighted by Gasteiger charge is 2.15. The van der Waals surface area contributed by atoms with Crippen molar-refractivity contribution in [1.29, 1.82) is 0 Å². The number of carboxylic acid groups (broad SMARTS) is 1. The third kappa shape index (κ3) is 4.72. The Labute approximate surface area is 137 Å². The van der Waals surface area contributed by atoms with Crippen molar-refractivity contribution in [2.24, 2.45) is 0 Å². The smallest absolute Gasteiger partial charge is 0.325 e. The molecule has 8 heteroatoms. The van der Waals surface area contributed by atoms with Crippen LogP contribution in [0.2, 0.25) is 5.02 Å². The molecule has 23 heavy (non-hydrogen) atoms. The number of carboxylic acids is 1. The van der Waals surface area contributed by atoms with Crippen LogP contribution in [0.1, 0.15) is 23.7 Å². The minimum Gasteiger partial charge on any atom is -0.493 e. The van der Waals surface area contributed by atoms with E-state index in [1.807, 2.05) is 6.92 Å². The van der Waals surface area contributed by atoms with E-state index in [4.69, 9.17) is 21.4 Å². The number of benzene rings is 1. The Bertz CT molecular complexity index is 714. The Balaban J connectivity index is 2.15. The Morgan fingerprint density at radius 1 is 1.39 bits per heavy atom. The van der Waals surface area contributed by atoms with E-state index < -0.39 is 11.9 Å². The van der Waals surface area contributed by atoms with Gasteiger partial charge in [0.2, 0.25) is 0 Å². The Hall–Kier alpha value is -2.54. The third-order valence-corrected chi connectivity index (χ3v) is 3.06. The highest BCUT2D eigenvalue weighted by Crippen LogP contribution is 2.24. The maximum atomic E-state index is 12.4. The zero-order valence-corrected chi connectivity index (χ0v) is 13.2. The van der Waals surface area contributed by atoms with Gasteiger partial charge in [-0.2, -0.15) is 5.10 Å². The molecule has 0 saturated carbocycles. The van der Waals surface area contributed by atoms with Crippen LogP contribution in [-0.2, 0) is 11.3 Å². The summed E-state index contributed by atoms with van der Waals surface area (Å²) in [5, 5.41) is 15.7. The predicted molar refractivity (Wildman–Crippen MR) is 85.1 cm³/mol. The van der Waals surface area contributed by atoms with Crippen molar-refractivity contribution < 1.29 is 19.4 Å². The molecule has 1 heterocycles. The van der Waals surface area contributed by atoms with E-state index in [1.54, 1.807) is 12.1 Å². The first-order chi connectivity index (χ1) is 11.0. The van der Waals surface area contributed by atoms with Crippen LogP contribution in [-0.4, -0.2) is 33.4 Å². The Kier molecular flexibility index (Phi) is 5.59. The fourth-order valence-corrected chi connectivity index (χ4v) is 2.03. The normalized spacial score (nSPS) is 10.3. The summed E-state index contributed by atoms with van der Waals surface area (Å²) in [5.41, 5.74) is 0.290. The van der Waals surface area contributed by atoms with Crippen LogP contribution in [0, 0.1) is 0 Å². The lowest BCUT2D eigenvalue weighted by Gasteiger charge is -2.10. The van der Waals surface area contributed by atoms with Gasteiger partial charge in [-0.05, 0) is 24.6 Å². The molecule has 0 aliphatic rings. The molecule has 2 N–H and O–H groups in total. The Morgan fingerprint density at radius 2 is 2.17 bits per heavy atom. The molecule has 1 aromatic carbocycles. The van der Waals surface area contributed by atoms with Crippen LogP contribution < -0.4 is 10.1 Å². The molecule has 122 valence electrons. The highest BCUT2D eigenvalue weighted by atomic mass is 35.5. The summed E-state index contributed by atoms with van der Waals surface area (Å²) in [6, 6.07) is 6.30. The van der Waals surface area contributed by atoms with Crippen molar-refractivity contribution in [3.05, 3.63) is 41.0 Å². The third-order valence-electron chi connectivity index (χ3n) is 2.83. The van der Waals surface area contributed by atoms with Crippen LogP contribution in [0.25, 0.3) is 0 Å². The number of carbonyl (C=O) groups excluding carboxylic acids is 1. The number of hydrogen-bond donors (Lipinski definition) is 2. The van der Waals surface area contributed by atoms with Crippen molar-refractivity contribution in [3.63, 3.8) is 0 Å². The number of hydrogen-bond acceptors (Lipinski definition) is 4. The summed E-state index contributed by atoms with van der Waals surface area (Å²) in [7, 11) is 0. The summed E-state index contributed by atoms with van der Waals surface area (Å²) < 4.78 is 6.75. The van der Waals surface area contributed by atoms with Crippen LogP contribution in [0.15, 0.2) is 30.5 Å². The maximum Gasteiger partial charge on any atom is 0.325 e. The van der Waals surface area contributed by atoms with Crippen molar-refractivity contribution in [2.75, 3.05) is 11.9 Å². The summed E-state index contributed by atoms with van der Waals surface area (Å²) in [6.07, 6.45) is 2.28. The van der Waals surface area contributed by atoms with Crippen molar-refractivity contribution in [1.82, 2.24) is 9.78 Å². The van der Waals surface area contributed by atoms with E-state index in [0.29, 0.717) is 22.9 Å². The van der Waals surface area contributed by atoms with Gasteiger partial charge in [-0.15, -0.1) is 0 Å². The molecule has 0 bridgehead atoms. The fourth-order valence-electron chi connectivity index (χ4n) is 1.86. The van der Waals surface area contributed by atoms with Crippen molar-refractivity contribution in [2.45, 2.75) is 19.9 Å². The lowest BCUT2D eigenvalue weighted by Crippen LogP contribution is -2.15. The zero-order chi connectivity index (χ0) is 16.8. The molecule has 0 spiro atoms. The van der Waals surface area contributed by atoms with Crippen molar-refractivity contribution in [3.8, 4) is 5.75 Å². The molecule has 0 fully saturated rings. The standard InChI is InChI=1S/C15H16ClN3O4/c1-2-7-23-12-4-3-10(16)8-11(12)15(22)17-13-5-6-19(18-13)9-14(20)21/h3-6,8H,2,7,9H2,1H3,(H,20,21)(H,17,18,22). The molecule has 0 radical (unpaired) electrons. The predicted octanol–water partition coefficient (Wildman–Crippen LogP) is 2.66. The van der Waals surface area contributed by atoms with Gasteiger partial charge in [-0.1, -0.05) is 18.5 Å². The average molecular weight is 338 g/mol. The summed E-state index contributed by atoms with van der Waals surface area (Å²) in [6.45, 7) is 2.16. The summed E-state index contributed by atoms with van der Waals surface area (Å²) >= 11 is 5.94. The van der Waals surface area contributed by atoms with E-state index in [2.05, 4.69) is 10.4 Å². The highest BCUT2D eigenvalue weighted by molar-refractivity contribution is 6.31. The monoisotopic (exact) mass is 337 g/mol. The molecule has 0 saturated heterocycles. The molecule has 1 amide bonds. The molecule has 2 aromatic rings. The number of ether oxygens (including phenoxy) is 1. The number of aromatic nitrogens is 2. The second-order valence-corrected chi connectivity index (χ2v) is 5.17. The van der Waals surface area contributed by atoms with E-state index in [-0.39, 0.29) is 12.4 Å². The fraction of sp³-hybridized carbons (Fsp3) is 0.267. The summed E-state index contributed by atoms with van der Waals surface area (Å²) in [5.74, 6) is -0.772. The lowest BCUT2D eigenvalue weighted by atomic mass is 10.2. The maximum absolute atomic E-state index is 12.4. The second kappa shape index (κ2) is 7.64. The minimum absolute atomic E-state index is 0.248. The molecule has 0 atom stereocenters. The molecule has 0 aliphatic heterocycles. The molecule has 1 aromatic heterocycles. The zero-order valence-electron chi connectivity index (χ0n) is 12.5. The first-order valence-electron chi connectivity index (χ1n) is 6.98. The van der Waals surface area contributed by atoms with Gasteiger partial charge in [-0.25, -0.2) is 0 Å². The van der Waals surface area contributed by atoms with Gasteiger partial charge < -0.3 is 15.2 Å². The van der Waals surface area contributed by atoms with Gasteiger partial charge in [0.15, 0.2) is 5.82 Å². The molecule has 0 unspecified atom stereocenters. The minimum atomic E-state index is -1.02. The molecular weight excluding hydrogens is 322 g/mol. The van der Waals surface area contributed by atoms with Crippen molar-refractivity contribution >= 4 is 29.3 Å². The van der Waals surface area contributed by atoms with Gasteiger partial charge in [0.1, 0.15) is 12.3 Å². The van der Waals surface area contributed by atoms with Gasteiger partial charge in [-0.3, -0.25) is 14.3 Å². The number of anilines is 1. The molecule has 0 aliphatic carbocycles. The van der Waals surface area contributed by atoms with E-state index in [9.17, 15) is 9.59 Å². The van der Waals surface area contributed by atoms with Gasteiger partial charge >= 0.3 is 5.97 Å². The molecular formula is C15H16ClN3O4. The largest absolute Gasteiger partial charge is 0.493 e. The van der Waals surface area contributed by atoms with E-state index >= 15 is 0 Å².